The Hall–Kier alpha value is -1.81. The van der Waals surface area contributed by atoms with Crippen LogP contribution < -0.4 is 25.0 Å². The molecular formula is C22H29IN4O2S. The Balaban J connectivity index is 0.00000256. The van der Waals surface area contributed by atoms with Gasteiger partial charge < -0.3 is 25.0 Å². The number of ether oxygens (including phenoxy) is 2. The molecule has 4 rings (SSSR count). The Morgan fingerprint density at radius 3 is 2.53 bits per heavy atom. The fourth-order valence-electron chi connectivity index (χ4n) is 3.43. The molecule has 2 aromatic carbocycles. The molecule has 8 heteroatoms. The van der Waals surface area contributed by atoms with Crippen molar-refractivity contribution >= 4 is 47.4 Å². The SMILES string of the molecule is CN=C(NCc1ccc(N2CCSCC2)cc1)NCC1COc2ccccc2O1.I. The van der Waals surface area contributed by atoms with E-state index in [2.05, 4.69) is 44.8 Å². The van der Waals surface area contributed by atoms with Crippen LogP contribution in [0.1, 0.15) is 5.56 Å². The first-order chi connectivity index (χ1) is 14.3. The van der Waals surface area contributed by atoms with Crippen LogP contribution in [-0.2, 0) is 6.54 Å². The van der Waals surface area contributed by atoms with Gasteiger partial charge in [0.15, 0.2) is 17.5 Å². The molecule has 2 heterocycles. The lowest BCUT2D eigenvalue weighted by atomic mass is 10.2. The summed E-state index contributed by atoms with van der Waals surface area (Å²) in [5.74, 6) is 4.78. The summed E-state index contributed by atoms with van der Waals surface area (Å²) in [5.41, 5.74) is 2.54. The number of fused-ring (bicyclic) bond motifs is 1. The van der Waals surface area contributed by atoms with Crippen molar-refractivity contribution in [2.24, 2.45) is 4.99 Å². The summed E-state index contributed by atoms with van der Waals surface area (Å²) < 4.78 is 11.7. The molecule has 6 nitrogen and oxygen atoms in total. The summed E-state index contributed by atoms with van der Waals surface area (Å²) in [4.78, 5) is 6.77. The van der Waals surface area contributed by atoms with E-state index in [-0.39, 0.29) is 30.1 Å². The molecule has 0 saturated carbocycles. The summed E-state index contributed by atoms with van der Waals surface area (Å²) >= 11 is 2.03. The van der Waals surface area contributed by atoms with Gasteiger partial charge in [0.25, 0.3) is 0 Å². The Kier molecular flexibility index (Phi) is 8.80. The minimum Gasteiger partial charge on any atom is -0.486 e. The molecule has 2 aliphatic rings. The first kappa shape index (κ1) is 22.9. The van der Waals surface area contributed by atoms with Gasteiger partial charge in [-0.3, -0.25) is 4.99 Å². The zero-order chi connectivity index (χ0) is 19.9. The summed E-state index contributed by atoms with van der Waals surface area (Å²) in [7, 11) is 1.78. The first-order valence-electron chi connectivity index (χ1n) is 10.1. The van der Waals surface area contributed by atoms with E-state index >= 15 is 0 Å². The highest BCUT2D eigenvalue weighted by molar-refractivity contribution is 14.0. The number of hydrogen-bond donors (Lipinski definition) is 2. The number of anilines is 1. The number of aliphatic imine (C=N–C) groups is 1. The Morgan fingerprint density at radius 1 is 1.07 bits per heavy atom. The molecule has 1 saturated heterocycles. The van der Waals surface area contributed by atoms with Gasteiger partial charge in [0.2, 0.25) is 0 Å². The number of guanidine groups is 1. The third-order valence-corrected chi connectivity index (χ3v) is 6.00. The van der Waals surface area contributed by atoms with Crippen molar-refractivity contribution in [2.45, 2.75) is 12.6 Å². The summed E-state index contributed by atoms with van der Waals surface area (Å²) in [6, 6.07) is 16.6. The van der Waals surface area contributed by atoms with Crippen LogP contribution in [0.3, 0.4) is 0 Å². The zero-order valence-corrected chi connectivity index (χ0v) is 20.3. The van der Waals surface area contributed by atoms with Crippen LogP contribution in [0.5, 0.6) is 11.5 Å². The second kappa shape index (κ2) is 11.5. The van der Waals surface area contributed by atoms with Gasteiger partial charge in [-0.15, -0.1) is 24.0 Å². The molecule has 0 aliphatic carbocycles. The molecule has 2 aromatic rings. The molecule has 1 fully saturated rings. The largest absolute Gasteiger partial charge is 0.486 e. The third kappa shape index (κ3) is 6.10. The fourth-order valence-corrected chi connectivity index (χ4v) is 4.33. The van der Waals surface area contributed by atoms with Crippen LogP contribution in [0.2, 0.25) is 0 Å². The summed E-state index contributed by atoms with van der Waals surface area (Å²) in [6.45, 7) is 4.14. The molecule has 0 aromatic heterocycles. The van der Waals surface area contributed by atoms with Gasteiger partial charge in [-0.05, 0) is 29.8 Å². The number of halogens is 1. The number of para-hydroxylation sites is 2. The average Bonchev–Trinajstić information content (AvgIpc) is 2.80. The van der Waals surface area contributed by atoms with Gasteiger partial charge in [-0.1, -0.05) is 24.3 Å². The molecule has 2 aliphatic heterocycles. The molecule has 30 heavy (non-hydrogen) atoms. The molecule has 1 atom stereocenters. The van der Waals surface area contributed by atoms with Crippen molar-refractivity contribution in [1.29, 1.82) is 0 Å². The molecule has 0 amide bonds. The molecule has 2 N–H and O–H groups in total. The number of thioether (sulfide) groups is 1. The lowest BCUT2D eigenvalue weighted by Crippen LogP contribution is -2.45. The Labute approximate surface area is 199 Å². The van der Waals surface area contributed by atoms with Crippen molar-refractivity contribution in [3.63, 3.8) is 0 Å². The minimum absolute atomic E-state index is 0. The topological polar surface area (TPSA) is 58.1 Å². The molecule has 0 bridgehead atoms. The zero-order valence-electron chi connectivity index (χ0n) is 17.2. The fraction of sp³-hybridized carbons (Fsp3) is 0.409. The van der Waals surface area contributed by atoms with E-state index in [4.69, 9.17) is 9.47 Å². The van der Waals surface area contributed by atoms with Gasteiger partial charge in [-0.2, -0.15) is 11.8 Å². The predicted molar refractivity (Wildman–Crippen MR) is 136 cm³/mol. The van der Waals surface area contributed by atoms with Crippen LogP contribution in [0, 0.1) is 0 Å². The van der Waals surface area contributed by atoms with Gasteiger partial charge in [0, 0.05) is 43.9 Å². The molecule has 162 valence electrons. The number of nitrogens with one attached hydrogen (secondary N) is 2. The number of hydrogen-bond acceptors (Lipinski definition) is 5. The van der Waals surface area contributed by atoms with Gasteiger partial charge in [-0.25, -0.2) is 0 Å². The Morgan fingerprint density at radius 2 is 1.80 bits per heavy atom. The highest BCUT2D eigenvalue weighted by atomic mass is 127. The highest BCUT2D eigenvalue weighted by Gasteiger charge is 2.20. The minimum atomic E-state index is -0.0505. The van der Waals surface area contributed by atoms with E-state index in [1.165, 1.54) is 22.8 Å². The number of rotatable bonds is 5. The van der Waals surface area contributed by atoms with Crippen molar-refractivity contribution < 1.29 is 9.47 Å². The average molecular weight is 540 g/mol. The van der Waals surface area contributed by atoms with Crippen molar-refractivity contribution in [2.75, 3.05) is 49.7 Å². The van der Waals surface area contributed by atoms with Crippen LogP contribution in [0.15, 0.2) is 53.5 Å². The van der Waals surface area contributed by atoms with Gasteiger partial charge in [0.1, 0.15) is 12.7 Å². The van der Waals surface area contributed by atoms with Gasteiger partial charge in [0.05, 0.1) is 6.54 Å². The maximum atomic E-state index is 5.98. The first-order valence-corrected chi connectivity index (χ1v) is 11.2. The van der Waals surface area contributed by atoms with Crippen LogP contribution in [0.25, 0.3) is 0 Å². The summed E-state index contributed by atoms with van der Waals surface area (Å²) in [5, 5.41) is 6.70. The quantitative estimate of drug-likeness (QED) is 0.345. The lowest BCUT2D eigenvalue weighted by Gasteiger charge is -2.28. The summed E-state index contributed by atoms with van der Waals surface area (Å²) in [6.07, 6.45) is -0.0505. The molecule has 1 unspecified atom stereocenters. The maximum absolute atomic E-state index is 5.98. The second-order valence-corrected chi connectivity index (χ2v) is 8.29. The van der Waals surface area contributed by atoms with E-state index in [1.54, 1.807) is 7.05 Å². The van der Waals surface area contributed by atoms with Crippen LogP contribution in [0.4, 0.5) is 5.69 Å². The third-order valence-electron chi connectivity index (χ3n) is 5.06. The van der Waals surface area contributed by atoms with E-state index in [9.17, 15) is 0 Å². The highest BCUT2D eigenvalue weighted by Crippen LogP contribution is 2.30. The lowest BCUT2D eigenvalue weighted by molar-refractivity contribution is 0.0936. The maximum Gasteiger partial charge on any atom is 0.191 e. The van der Waals surface area contributed by atoms with E-state index in [0.29, 0.717) is 13.2 Å². The van der Waals surface area contributed by atoms with Crippen molar-refractivity contribution in [1.82, 2.24) is 10.6 Å². The standard InChI is InChI=1S/C22H28N4O2S.HI/c1-23-22(25-15-19-16-27-20-4-2-3-5-21(20)28-19)24-14-17-6-8-18(9-7-17)26-10-12-29-13-11-26;/h2-9,19H,10-16H2,1H3,(H2,23,24,25);1H. The predicted octanol–water partition coefficient (Wildman–Crippen LogP) is 3.36. The van der Waals surface area contributed by atoms with Gasteiger partial charge >= 0.3 is 0 Å². The molecule has 0 spiro atoms. The molecular weight excluding hydrogens is 511 g/mol. The van der Waals surface area contributed by atoms with E-state index in [0.717, 1.165) is 37.1 Å². The monoisotopic (exact) mass is 540 g/mol. The van der Waals surface area contributed by atoms with Crippen LogP contribution >= 0.6 is 35.7 Å². The Bertz CT molecular complexity index is 828. The van der Waals surface area contributed by atoms with Crippen molar-refractivity contribution in [3.05, 3.63) is 54.1 Å². The smallest absolute Gasteiger partial charge is 0.191 e. The normalized spacial score (nSPS) is 18.4. The number of nitrogens with zero attached hydrogens (tertiary/aromatic N) is 2. The molecule has 0 radical (unpaired) electrons. The van der Waals surface area contributed by atoms with Crippen molar-refractivity contribution in [3.8, 4) is 11.5 Å². The van der Waals surface area contributed by atoms with E-state index in [1.807, 2.05) is 36.0 Å². The second-order valence-electron chi connectivity index (χ2n) is 7.07. The number of benzene rings is 2. The van der Waals surface area contributed by atoms with E-state index < -0.39 is 0 Å². The van der Waals surface area contributed by atoms with Crippen LogP contribution in [-0.4, -0.2) is 56.9 Å².